The summed E-state index contributed by atoms with van der Waals surface area (Å²) in [5.74, 6) is 0.367. The van der Waals surface area contributed by atoms with Crippen LogP contribution in [-0.4, -0.2) is 14.2 Å². The minimum atomic E-state index is -4.41. The van der Waals surface area contributed by atoms with Gasteiger partial charge >= 0.3 is 6.18 Å². The Morgan fingerprint density at radius 1 is 0.800 bits per heavy atom. The quantitative estimate of drug-likeness (QED) is 0.597. The molecule has 0 aromatic heterocycles. The zero-order valence-corrected chi connectivity index (χ0v) is 15.3. The third kappa shape index (κ3) is 5.55. The fraction of sp³-hybridized carbons (Fsp3) is 0.700. The highest BCUT2D eigenvalue weighted by Gasteiger charge is 2.37. The van der Waals surface area contributed by atoms with Crippen LogP contribution >= 0.6 is 0 Å². The Bertz CT molecular complexity index is 528. The van der Waals surface area contributed by atoms with Crippen molar-refractivity contribution in [3.63, 3.8) is 0 Å². The monoisotopic (exact) mass is 358 g/mol. The molecule has 0 spiro atoms. The molecular formula is C20H29F3O2. The Balaban J connectivity index is 2.41. The van der Waals surface area contributed by atoms with Gasteiger partial charge in [-0.1, -0.05) is 51.4 Å². The van der Waals surface area contributed by atoms with Crippen LogP contribution in [0.3, 0.4) is 0 Å². The highest BCUT2D eigenvalue weighted by Crippen LogP contribution is 2.45. The molecule has 0 unspecified atom stereocenters. The largest absolute Gasteiger partial charge is 0.497 e. The molecule has 0 amide bonds. The summed E-state index contributed by atoms with van der Waals surface area (Å²) in [5.41, 5.74) is -0.293. The minimum Gasteiger partial charge on any atom is -0.497 e. The summed E-state index contributed by atoms with van der Waals surface area (Å²) in [5, 5.41) is 0. The van der Waals surface area contributed by atoms with Gasteiger partial charge in [-0.15, -0.1) is 0 Å². The predicted molar refractivity (Wildman–Crippen MR) is 93.5 cm³/mol. The summed E-state index contributed by atoms with van der Waals surface area (Å²) >= 11 is 0. The molecule has 2 nitrogen and oxygen atoms in total. The van der Waals surface area contributed by atoms with Gasteiger partial charge in [0.2, 0.25) is 0 Å². The van der Waals surface area contributed by atoms with Crippen molar-refractivity contribution in [3.05, 3.63) is 23.3 Å². The lowest BCUT2D eigenvalue weighted by atomic mass is 9.85. The molecule has 25 heavy (non-hydrogen) atoms. The summed E-state index contributed by atoms with van der Waals surface area (Å²) in [6, 6.07) is 2.69. The third-order valence-electron chi connectivity index (χ3n) is 5.14. The van der Waals surface area contributed by atoms with Crippen molar-refractivity contribution in [2.75, 3.05) is 14.2 Å². The van der Waals surface area contributed by atoms with Crippen LogP contribution in [0.2, 0.25) is 0 Å². The first kappa shape index (κ1) is 19.9. The third-order valence-corrected chi connectivity index (χ3v) is 5.14. The van der Waals surface area contributed by atoms with E-state index in [9.17, 15) is 13.2 Å². The Labute approximate surface area is 148 Å². The van der Waals surface area contributed by atoms with E-state index in [4.69, 9.17) is 9.47 Å². The van der Waals surface area contributed by atoms with Crippen molar-refractivity contribution in [1.82, 2.24) is 0 Å². The zero-order valence-electron chi connectivity index (χ0n) is 15.3. The number of methoxy groups -OCH3 is 2. The summed E-state index contributed by atoms with van der Waals surface area (Å²) < 4.78 is 51.6. The van der Waals surface area contributed by atoms with Gasteiger partial charge in [-0.3, -0.25) is 0 Å². The number of rotatable bonds is 3. The lowest BCUT2D eigenvalue weighted by molar-refractivity contribution is -0.138. The van der Waals surface area contributed by atoms with Gasteiger partial charge < -0.3 is 9.47 Å². The molecule has 0 saturated heterocycles. The summed E-state index contributed by atoms with van der Waals surface area (Å²) in [6.45, 7) is 0. The van der Waals surface area contributed by atoms with Crippen molar-refractivity contribution >= 4 is 0 Å². The maximum Gasteiger partial charge on any atom is 0.416 e. The summed E-state index contributed by atoms with van der Waals surface area (Å²) in [4.78, 5) is 0. The van der Waals surface area contributed by atoms with E-state index in [1.54, 1.807) is 6.07 Å². The number of hydrogen-bond donors (Lipinski definition) is 0. The van der Waals surface area contributed by atoms with Gasteiger partial charge in [0.05, 0.1) is 19.8 Å². The van der Waals surface area contributed by atoms with E-state index in [2.05, 4.69) is 0 Å². The van der Waals surface area contributed by atoms with Gasteiger partial charge in [-0.05, 0) is 24.8 Å². The molecule has 0 radical (unpaired) electrons. The van der Waals surface area contributed by atoms with Crippen molar-refractivity contribution in [3.8, 4) is 11.5 Å². The fourth-order valence-electron chi connectivity index (χ4n) is 3.82. The maximum atomic E-state index is 13.7. The Morgan fingerprint density at radius 2 is 1.32 bits per heavy atom. The van der Waals surface area contributed by atoms with Crippen LogP contribution in [-0.2, 0) is 6.18 Å². The van der Waals surface area contributed by atoms with Crippen LogP contribution in [0.25, 0.3) is 0 Å². The van der Waals surface area contributed by atoms with Gasteiger partial charge in [0.1, 0.15) is 11.5 Å². The standard InChI is InChI=1S/C20H29F3O2/c1-24-16-13-17(20(21,22)23)19(18(14-16)25-2)15-11-9-7-5-3-4-6-8-10-12-15/h13-15H,3-12H2,1-2H3. The van der Waals surface area contributed by atoms with E-state index in [1.807, 2.05) is 0 Å². The molecular weight excluding hydrogens is 329 g/mol. The van der Waals surface area contributed by atoms with Crippen LogP contribution in [0.15, 0.2) is 12.1 Å². The van der Waals surface area contributed by atoms with E-state index in [-0.39, 0.29) is 11.7 Å². The SMILES string of the molecule is COc1cc(OC)c(C2CCCCCCCCCC2)c(C(F)(F)F)c1. The molecule has 0 heterocycles. The molecule has 0 aliphatic heterocycles. The Hall–Kier alpha value is -1.39. The summed E-state index contributed by atoms with van der Waals surface area (Å²) in [6.07, 6.45) is 6.12. The molecule has 2 rings (SSSR count). The van der Waals surface area contributed by atoms with Gasteiger partial charge in [0, 0.05) is 11.6 Å². The topological polar surface area (TPSA) is 18.5 Å². The lowest BCUT2D eigenvalue weighted by Gasteiger charge is -2.25. The first-order valence-electron chi connectivity index (χ1n) is 9.30. The second-order valence-corrected chi connectivity index (χ2v) is 6.89. The molecule has 1 fully saturated rings. The zero-order chi connectivity index (χ0) is 18.3. The number of ether oxygens (including phenoxy) is 2. The van der Waals surface area contributed by atoms with E-state index in [0.717, 1.165) is 44.6 Å². The molecule has 0 bridgehead atoms. The van der Waals surface area contributed by atoms with Crippen LogP contribution in [0.4, 0.5) is 13.2 Å². The average molecular weight is 358 g/mol. The van der Waals surface area contributed by atoms with Gasteiger partial charge in [-0.2, -0.15) is 13.2 Å². The van der Waals surface area contributed by atoms with Crippen LogP contribution < -0.4 is 9.47 Å². The Kier molecular flexibility index (Phi) is 7.45. The predicted octanol–water partition coefficient (Wildman–Crippen LogP) is 6.72. The van der Waals surface area contributed by atoms with Gasteiger partial charge in [-0.25, -0.2) is 0 Å². The number of hydrogen-bond acceptors (Lipinski definition) is 2. The highest BCUT2D eigenvalue weighted by atomic mass is 19.4. The average Bonchev–Trinajstić information content (AvgIpc) is 2.65. The van der Waals surface area contributed by atoms with E-state index < -0.39 is 11.7 Å². The Morgan fingerprint density at radius 3 is 1.76 bits per heavy atom. The maximum absolute atomic E-state index is 13.7. The smallest absolute Gasteiger partial charge is 0.416 e. The van der Waals surface area contributed by atoms with E-state index >= 15 is 0 Å². The number of alkyl halides is 3. The van der Waals surface area contributed by atoms with Crippen LogP contribution in [0.1, 0.15) is 81.3 Å². The molecule has 142 valence electrons. The van der Waals surface area contributed by atoms with E-state index in [0.29, 0.717) is 11.3 Å². The lowest BCUT2D eigenvalue weighted by Crippen LogP contribution is -2.14. The molecule has 1 aliphatic rings. The van der Waals surface area contributed by atoms with Crippen molar-refractivity contribution < 1.29 is 22.6 Å². The normalized spacial score (nSPS) is 18.4. The molecule has 1 saturated carbocycles. The molecule has 0 atom stereocenters. The number of halogens is 3. The van der Waals surface area contributed by atoms with Crippen molar-refractivity contribution in [2.24, 2.45) is 0 Å². The van der Waals surface area contributed by atoms with Gasteiger partial charge in [0.15, 0.2) is 0 Å². The second kappa shape index (κ2) is 9.35. The fourth-order valence-corrected chi connectivity index (χ4v) is 3.82. The second-order valence-electron chi connectivity index (χ2n) is 6.89. The minimum absolute atomic E-state index is 0.115. The van der Waals surface area contributed by atoms with Crippen LogP contribution in [0, 0.1) is 0 Å². The molecule has 1 aromatic rings. The first-order chi connectivity index (χ1) is 12.0. The van der Waals surface area contributed by atoms with Crippen LogP contribution in [0.5, 0.6) is 11.5 Å². The number of benzene rings is 1. The van der Waals surface area contributed by atoms with E-state index in [1.165, 1.54) is 39.9 Å². The molecule has 5 heteroatoms. The molecule has 1 aromatic carbocycles. The highest BCUT2D eigenvalue weighted by molar-refractivity contribution is 5.50. The van der Waals surface area contributed by atoms with Crippen molar-refractivity contribution in [1.29, 1.82) is 0 Å². The molecule has 1 aliphatic carbocycles. The molecule has 0 N–H and O–H groups in total. The van der Waals surface area contributed by atoms with Gasteiger partial charge in [0.25, 0.3) is 0 Å². The van der Waals surface area contributed by atoms with Crippen molar-refractivity contribution in [2.45, 2.75) is 76.3 Å². The first-order valence-corrected chi connectivity index (χ1v) is 9.30. The summed E-state index contributed by atoms with van der Waals surface area (Å²) in [7, 11) is 2.81.